The van der Waals surface area contributed by atoms with Crippen LogP contribution in [-0.2, 0) is 0 Å². The van der Waals surface area contributed by atoms with E-state index < -0.39 is 5.82 Å². The molecule has 8 heteroatoms. The second-order valence-corrected chi connectivity index (χ2v) is 5.16. The Kier molecular flexibility index (Phi) is 4.27. The third-order valence-electron chi connectivity index (χ3n) is 2.00. The van der Waals surface area contributed by atoms with Crippen LogP contribution in [0.2, 0.25) is 15.2 Å². The van der Waals surface area contributed by atoms with Crippen LogP contribution >= 0.6 is 50.7 Å². The zero-order valence-electron chi connectivity index (χ0n) is 8.52. The molecule has 94 valence electrons. The smallest absolute Gasteiger partial charge is 0.149 e. The van der Waals surface area contributed by atoms with Crippen LogP contribution in [-0.4, -0.2) is 9.97 Å². The predicted octanol–water partition coefficient (Wildman–Crippen LogP) is 5.08. The van der Waals surface area contributed by atoms with Crippen molar-refractivity contribution >= 4 is 62.2 Å². The van der Waals surface area contributed by atoms with Gasteiger partial charge in [-0.1, -0.05) is 34.8 Å². The Morgan fingerprint density at radius 1 is 1.11 bits per heavy atom. The minimum absolute atomic E-state index is 0.140. The highest BCUT2D eigenvalue weighted by molar-refractivity contribution is 9.10. The fourth-order valence-corrected chi connectivity index (χ4v) is 2.21. The van der Waals surface area contributed by atoms with Gasteiger partial charge in [-0.25, -0.2) is 14.4 Å². The van der Waals surface area contributed by atoms with Crippen molar-refractivity contribution in [2.75, 3.05) is 5.32 Å². The average molecular weight is 371 g/mol. The van der Waals surface area contributed by atoms with Gasteiger partial charge < -0.3 is 5.32 Å². The van der Waals surface area contributed by atoms with Gasteiger partial charge in [0, 0.05) is 0 Å². The Hall–Kier alpha value is -0.620. The molecule has 18 heavy (non-hydrogen) atoms. The van der Waals surface area contributed by atoms with Crippen LogP contribution in [0.15, 0.2) is 22.9 Å². The summed E-state index contributed by atoms with van der Waals surface area (Å²) in [4.78, 5) is 7.76. The van der Waals surface area contributed by atoms with Gasteiger partial charge in [-0.2, -0.15) is 0 Å². The minimum Gasteiger partial charge on any atom is -0.337 e. The van der Waals surface area contributed by atoms with Crippen LogP contribution in [0.25, 0.3) is 0 Å². The molecule has 2 rings (SSSR count). The fourth-order valence-electron chi connectivity index (χ4n) is 1.22. The Bertz CT molecular complexity index is 586. The minimum atomic E-state index is -0.518. The lowest BCUT2D eigenvalue weighted by Gasteiger charge is -2.11. The highest BCUT2D eigenvalue weighted by Gasteiger charge is 2.12. The SMILES string of the molecule is Fc1cc(Cl)c(Nc2ncnc(Cl)c2Br)c(Cl)c1. The number of benzene rings is 1. The molecule has 0 atom stereocenters. The maximum Gasteiger partial charge on any atom is 0.149 e. The van der Waals surface area contributed by atoms with Crippen LogP contribution in [0.5, 0.6) is 0 Å². The van der Waals surface area contributed by atoms with Gasteiger partial charge in [-0.05, 0) is 28.1 Å². The standard InChI is InChI=1S/C10H4BrCl3FN3/c11-7-9(14)16-3-17-10(7)18-8-5(12)1-4(15)2-6(8)13/h1-3H,(H,16,17,18). The molecule has 1 N–H and O–H groups in total. The summed E-state index contributed by atoms with van der Waals surface area (Å²) in [5, 5.41) is 3.38. The van der Waals surface area contributed by atoms with E-state index >= 15 is 0 Å². The van der Waals surface area contributed by atoms with E-state index in [1.165, 1.54) is 6.33 Å². The van der Waals surface area contributed by atoms with Gasteiger partial charge in [-0.15, -0.1) is 0 Å². The molecule has 0 bridgehead atoms. The van der Waals surface area contributed by atoms with E-state index in [2.05, 4.69) is 31.2 Å². The van der Waals surface area contributed by atoms with Gasteiger partial charge in [0.15, 0.2) is 0 Å². The summed E-state index contributed by atoms with van der Waals surface area (Å²) < 4.78 is 13.5. The largest absolute Gasteiger partial charge is 0.337 e. The molecule has 0 saturated carbocycles. The summed E-state index contributed by atoms with van der Waals surface area (Å²) >= 11 is 20.8. The van der Waals surface area contributed by atoms with E-state index in [4.69, 9.17) is 34.8 Å². The molecule has 0 fully saturated rings. The summed E-state index contributed by atoms with van der Waals surface area (Å²) in [6.07, 6.45) is 1.28. The molecule has 3 nitrogen and oxygen atoms in total. The van der Waals surface area contributed by atoms with Gasteiger partial charge in [-0.3, -0.25) is 0 Å². The van der Waals surface area contributed by atoms with Crippen LogP contribution in [0.1, 0.15) is 0 Å². The fraction of sp³-hybridized carbons (Fsp3) is 0. The predicted molar refractivity (Wildman–Crippen MR) is 74.4 cm³/mol. The second kappa shape index (κ2) is 5.57. The summed E-state index contributed by atoms with van der Waals surface area (Å²) in [5.74, 6) is -0.138. The molecule has 1 heterocycles. The molecule has 0 saturated heterocycles. The zero-order valence-corrected chi connectivity index (χ0v) is 12.4. The maximum absolute atomic E-state index is 13.0. The molecule has 0 aliphatic heterocycles. The van der Waals surface area contributed by atoms with E-state index in [0.29, 0.717) is 16.0 Å². The molecule has 0 amide bonds. The van der Waals surface area contributed by atoms with Crippen LogP contribution in [0, 0.1) is 5.82 Å². The number of hydrogen-bond donors (Lipinski definition) is 1. The molecule has 1 aromatic heterocycles. The highest BCUT2D eigenvalue weighted by atomic mass is 79.9. The third kappa shape index (κ3) is 2.85. The Morgan fingerprint density at radius 3 is 2.33 bits per heavy atom. The van der Waals surface area contributed by atoms with Crippen molar-refractivity contribution < 1.29 is 4.39 Å². The summed E-state index contributed by atoms with van der Waals surface area (Å²) in [5.41, 5.74) is 0.343. The molecule has 0 radical (unpaired) electrons. The first-order chi connectivity index (χ1) is 8.49. The van der Waals surface area contributed by atoms with Gasteiger partial charge in [0.25, 0.3) is 0 Å². The Morgan fingerprint density at radius 2 is 1.72 bits per heavy atom. The van der Waals surface area contributed by atoms with Gasteiger partial charge in [0.2, 0.25) is 0 Å². The molecular weight excluding hydrogens is 367 g/mol. The van der Waals surface area contributed by atoms with Gasteiger partial charge >= 0.3 is 0 Å². The molecule has 0 aliphatic rings. The molecule has 0 unspecified atom stereocenters. The number of halogens is 5. The van der Waals surface area contributed by atoms with Crippen molar-refractivity contribution in [2.45, 2.75) is 0 Å². The third-order valence-corrected chi connectivity index (χ3v) is 3.86. The lowest BCUT2D eigenvalue weighted by atomic mass is 10.3. The van der Waals surface area contributed by atoms with Crippen molar-refractivity contribution in [3.8, 4) is 0 Å². The first-order valence-corrected chi connectivity index (χ1v) is 6.49. The maximum atomic E-state index is 13.0. The number of nitrogens with zero attached hydrogens (tertiary/aromatic N) is 2. The number of nitrogens with one attached hydrogen (secondary N) is 1. The van der Waals surface area contributed by atoms with E-state index in [9.17, 15) is 4.39 Å². The Balaban J connectivity index is 2.43. The number of aromatic nitrogens is 2. The number of anilines is 2. The second-order valence-electron chi connectivity index (χ2n) is 3.20. The van der Waals surface area contributed by atoms with E-state index in [1.54, 1.807) is 0 Å². The molecule has 0 spiro atoms. The van der Waals surface area contributed by atoms with Crippen molar-refractivity contribution in [1.29, 1.82) is 0 Å². The molecular formula is C10H4BrCl3FN3. The summed E-state index contributed by atoms with van der Waals surface area (Å²) in [7, 11) is 0. The van der Waals surface area contributed by atoms with E-state index in [1.807, 2.05) is 0 Å². The van der Waals surface area contributed by atoms with E-state index in [0.717, 1.165) is 12.1 Å². The molecule has 2 aromatic rings. The Labute approximate surface area is 125 Å². The van der Waals surface area contributed by atoms with Crippen LogP contribution in [0.4, 0.5) is 15.9 Å². The average Bonchev–Trinajstić information content (AvgIpc) is 2.28. The summed E-state index contributed by atoms with van der Waals surface area (Å²) in [6.45, 7) is 0. The normalized spacial score (nSPS) is 10.5. The lowest BCUT2D eigenvalue weighted by molar-refractivity contribution is 0.628. The van der Waals surface area contributed by atoms with Crippen molar-refractivity contribution in [1.82, 2.24) is 9.97 Å². The highest BCUT2D eigenvalue weighted by Crippen LogP contribution is 2.36. The first kappa shape index (κ1) is 13.8. The number of hydrogen-bond acceptors (Lipinski definition) is 3. The summed E-state index contributed by atoms with van der Waals surface area (Å²) in [6, 6.07) is 2.29. The number of rotatable bonds is 2. The van der Waals surface area contributed by atoms with Crippen molar-refractivity contribution in [2.24, 2.45) is 0 Å². The van der Waals surface area contributed by atoms with Crippen LogP contribution in [0.3, 0.4) is 0 Å². The molecule has 0 aliphatic carbocycles. The lowest BCUT2D eigenvalue weighted by Crippen LogP contribution is -1.98. The van der Waals surface area contributed by atoms with Crippen molar-refractivity contribution in [3.63, 3.8) is 0 Å². The monoisotopic (exact) mass is 369 g/mol. The van der Waals surface area contributed by atoms with Crippen LogP contribution < -0.4 is 5.32 Å². The first-order valence-electron chi connectivity index (χ1n) is 4.56. The zero-order chi connectivity index (χ0) is 13.3. The van der Waals surface area contributed by atoms with Gasteiger partial charge in [0.1, 0.15) is 23.1 Å². The van der Waals surface area contributed by atoms with Gasteiger partial charge in [0.05, 0.1) is 20.2 Å². The van der Waals surface area contributed by atoms with Crippen molar-refractivity contribution in [3.05, 3.63) is 43.9 Å². The van der Waals surface area contributed by atoms with E-state index in [-0.39, 0.29) is 15.2 Å². The topological polar surface area (TPSA) is 37.8 Å². The quantitative estimate of drug-likeness (QED) is 0.748. The molecule has 1 aromatic carbocycles.